The Bertz CT molecular complexity index is 4270. The monoisotopic (exact) mass is 1230 g/mol. The molecule has 3 unspecified atom stereocenters. The lowest BCUT2D eigenvalue weighted by atomic mass is 10.1. The zero-order chi connectivity index (χ0) is 62.4. The van der Waals surface area contributed by atoms with Gasteiger partial charge in [-0.25, -0.2) is 15.0 Å². The van der Waals surface area contributed by atoms with Crippen LogP contribution in [-0.4, -0.2) is 103 Å². The van der Waals surface area contributed by atoms with Crippen LogP contribution in [-0.2, 0) is 37.9 Å². The van der Waals surface area contributed by atoms with E-state index in [0.717, 1.165) is 56.0 Å². The second-order valence-corrected chi connectivity index (χ2v) is 30.3. The zero-order valence-electron chi connectivity index (χ0n) is 51.5. The highest BCUT2D eigenvalue weighted by Gasteiger charge is 2.32. The number of nitrogens with zero attached hydrogens (tertiary/aromatic N) is 6. The van der Waals surface area contributed by atoms with Crippen molar-refractivity contribution < 1.29 is 27.7 Å². The molecule has 0 bridgehead atoms. The van der Waals surface area contributed by atoms with Gasteiger partial charge in [0.2, 0.25) is 0 Å². The van der Waals surface area contributed by atoms with Gasteiger partial charge in [-0.3, -0.25) is 19.3 Å². The number of aromatic nitrogens is 3. The molecule has 0 aliphatic carbocycles. The molecule has 0 saturated carbocycles. The molecule has 89 heavy (non-hydrogen) atoms. The zero-order valence-corrected chi connectivity index (χ0v) is 54.2. The minimum absolute atomic E-state index is 0.0641. The largest absolute Gasteiger partial charge is 0.497 e. The maximum atomic E-state index is 15.4. The van der Waals surface area contributed by atoms with Gasteiger partial charge in [-0.2, -0.15) is 0 Å². The molecule has 10 rings (SSSR count). The Hall–Kier alpha value is -8.42. The molecule has 1 saturated heterocycles. The summed E-state index contributed by atoms with van der Waals surface area (Å²) in [5.41, 5.74) is 9.15. The predicted molar refractivity (Wildman–Crippen MR) is 362 cm³/mol. The summed E-state index contributed by atoms with van der Waals surface area (Å²) >= 11 is 0. The van der Waals surface area contributed by atoms with Crippen LogP contribution in [0.25, 0.3) is 0 Å². The predicted octanol–water partition coefficient (Wildman–Crippen LogP) is 10.8. The molecule has 3 aromatic heterocycles. The molecule has 0 amide bonds. The van der Waals surface area contributed by atoms with Crippen LogP contribution in [0.5, 0.6) is 11.5 Å². The fraction of sp³-hybridized carbons (Fsp3) is 0.230. The van der Waals surface area contributed by atoms with Crippen LogP contribution >= 0.6 is 21.7 Å². The van der Waals surface area contributed by atoms with E-state index in [4.69, 9.17) is 28.9 Å². The van der Waals surface area contributed by atoms with Gasteiger partial charge in [-0.05, 0) is 143 Å². The summed E-state index contributed by atoms with van der Waals surface area (Å²) in [6, 6.07) is 63.1. The van der Waals surface area contributed by atoms with Crippen molar-refractivity contribution in [1.82, 2.24) is 29.7 Å². The first kappa shape index (κ1) is 63.6. The minimum Gasteiger partial charge on any atom is -0.497 e. The molecule has 1 aliphatic heterocycles. The summed E-state index contributed by atoms with van der Waals surface area (Å²) in [6.45, 7) is 14.2. The van der Waals surface area contributed by atoms with Gasteiger partial charge in [-0.1, -0.05) is 132 Å². The number of rotatable bonds is 16. The first-order valence-corrected chi connectivity index (χ1v) is 35.7. The van der Waals surface area contributed by atoms with Gasteiger partial charge in [0, 0.05) is 108 Å². The smallest absolute Gasteiger partial charge is 0.279 e. The van der Waals surface area contributed by atoms with Crippen molar-refractivity contribution in [3.63, 3.8) is 0 Å². The van der Waals surface area contributed by atoms with Gasteiger partial charge in [0.05, 0.1) is 37.9 Å². The summed E-state index contributed by atoms with van der Waals surface area (Å²) in [5.74, 6) is 21.6. The second kappa shape index (κ2) is 29.3. The molecular formula is C74H73N6O6P3. The SMILES string of the molecule is CCOP(=O)(c1ccccc1)c1cc(C#Cc2ccc(OC)cc2)cc(CN2CCN(Cc3cc(C#Cc4ccc(OC)cc4)cc(P(C)(=O)c4ccccc4)n3)CCN(Cc3cc(C#Cc4ccc(C)cc4)cc(P(C)(=O)c4ccccc4)n3)C[C@@H]2C)n1. The third kappa shape index (κ3) is 16.5. The molecule has 15 heteroatoms. The van der Waals surface area contributed by atoms with E-state index in [1.54, 1.807) is 33.6 Å². The van der Waals surface area contributed by atoms with Gasteiger partial charge in [-0.15, -0.1) is 0 Å². The van der Waals surface area contributed by atoms with E-state index in [-0.39, 0.29) is 12.6 Å². The quantitative estimate of drug-likeness (QED) is 0.0675. The van der Waals surface area contributed by atoms with Crippen LogP contribution in [0.4, 0.5) is 0 Å². The number of hydrogen-bond acceptors (Lipinski definition) is 12. The first-order valence-electron chi connectivity index (χ1n) is 29.8. The van der Waals surface area contributed by atoms with Crippen molar-refractivity contribution in [2.24, 2.45) is 0 Å². The second-order valence-electron chi connectivity index (χ2n) is 22.3. The van der Waals surface area contributed by atoms with E-state index in [1.165, 1.54) is 0 Å². The van der Waals surface area contributed by atoms with Gasteiger partial charge >= 0.3 is 0 Å². The molecule has 1 fully saturated rings. The fourth-order valence-corrected chi connectivity index (χ4v) is 16.1. The lowest BCUT2D eigenvalue weighted by molar-refractivity contribution is 0.146. The average Bonchev–Trinajstić information content (AvgIpc) is 1.65. The fourth-order valence-electron chi connectivity index (χ4n) is 10.6. The van der Waals surface area contributed by atoms with Crippen molar-refractivity contribution in [2.45, 2.75) is 46.4 Å². The highest BCUT2D eigenvalue weighted by Crippen LogP contribution is 2.44. The van der Waals surface area contributed by atoms with Crippen molar-refractivity contribution >= 4 is 53.9 Å². The normalized spacial score (nSPS) is 15.9. The van der Waals surface area contributed by atoms with E-state index in [2.05, 4.69) is 64.1 Å². The highest BCUT2D eigenvalue weighted by atomic mass is 31.2. The molecule has 0 spiro atoms. The van der Waals surface area contributed by atoms with E-state index in [1.807, 2.05) is 201 Å². The summed E-state index contributed by atoms with van der Waals surface area (Å²) in [4.78, 5) is 22.9. The number of pyridine rings is 3. The van der Waals surface area contributed by atoms with Crippen LogP contribution in [0.3, 0.4) is 0 Å². The Morgan fingerprint density at radius 3 is 1.27 bits per heavy atom. The number of methoxy groups -OCH3 is 2. The average molecular weight is 1240 g/mol. The number of aryl methyl sites for hydroxylation is 1. The third-order valence-electron chi connectivity index (χ3n) is 15.7. The molecule has 4 heterocycles. The van der Waals surface area contributed by atoms with Crippen LogP contribution in [0, 0.1) is 42.4 Å². The summed E-state index contributed by atoms with van der Waals surface area (Å²) < 4.78 is 62.5. The molecule has 450 valence electrons. The van der Waals surface area contributed by atoms with Crippen molar-refractivity contribution in [1.29, 1.82) is 0 Å². The standard InChI is InChI=1S/C74H73N6O6P3/c1-8-86-89(83,71-22-16-11-17-23-71)74-51-63(33-30-60-36-40-68(85-5)41-37-60)48-66(77-74)55-80-45-44-78(53-64-46-61(32-29-59-34-38-67(84-4)39-35-59)49-72(75-64)87(6,81)69-18-12-9-13-19-69)42-43-79(52-57(80)3)54-65-47-62(31-28-58-26-24-56(2)25-27-58)50-73(76-65)88(7,82)70-20-14-10-15-21-70/h9-27,34-41,46-51,57H,8,42-45,52-55H2,1-7H3/t57-,87?,88?,89?/m0/s1. The van der Waals surface area contributed by atoms with E-state index >= 15 is 13.7 Å². The molecule has 1 aliphatic rings. The molecule has 0 N–H and O–H groups in total. The van der Waals surface area contributed by atoms with Gasteiger partial charge < -0.3 is 23.1 Å². The molecule has 12 nitrogen and oxygen atoms in total. The molecule has 9 aromatic rings. The Morgan fingerprint density at radius 2 is 0.820 bits per heavy atom. The van der Waals surface area contributed by atoms with Crippen LogP contribution < -0.4 is 41.7 Å². The summed E-state index contributed by atoms with van der Waals surface area (Å²) in [7, 11) is -6.82. The minimum atomic E-state index is -3.71. The Labute approximate surface area is 525 Å². The Morgan fingerprint density at radius 1 is 0.449 bits per heavy atom. The topological polar surface area (TPSA) is 127 Å². The number of ether oxygens (including phenoxy) is 2. The van der Waals surface area contributed by atoms with Crippen molar-refractivity contribution in [3.05, 3.63) is 256 Å². The molecule has 0 radical (unpaired) electrons. The van der Waals surface area contributed by atoms with Crippen LogP contribution in [0.2, 0.25) is 0 Å². The number of benzene rings is 6. The van der Waals surface area contributed by atoms with Crippen LogP contribution in [0.1, 0.15) is 69.9 Å². The summed E-state index contributed by atoms with van der Waals surface area (Å²) in [5, 5.41) is 1.97. The lowest BCUT2D eigenvalue weighted by Gasteiger charge is -2.32. The van der Waals surface area contributed by atoms with Crippen molar-refractivity contribution in [2.75, 3.05) is 66.9 Å². The Kier molecular flexibility index (Phi) is 20.9. The summed E-state index contributed by atoms with van der Waals surface area (Å²) in [6.07, 6.45) is 0. The lowest BCUT2D eigenvalue weighted by Crippen LogP contribution is -2.43. The first-order chi connectivity index (χ1) is 43.1. The third-order valence-corrected chi connectivity index (χ3v) is 22.9. The van der Waals surface area contributed by atoms with E-state index in [9.17, 15) is 0 Å². The number of hydrogen-bond donors (Lipinski definition) is 0. The Balaban J connectivity index is 1.05. The maximum absolute atomic E-state index is 15.4. The van der Waals surface area contributed by atoms with Gasteiger partial charge in [0.1, 0.15) is 27.8 Å². The molecule has 4 atom stereocenters. The maximum Gasteiger partial charge on any atom is 0.279 e. The van der Waals surface area contributed by atoms with E-state index < -0.39 is 21.7 Å². The van der Waals surface area contributed by atoms with Crippen molar-refractivity contribution in [3.8, 4) is 47.0 Å². The molecule has 6 aromatic carbocycles. The van der Waals surface area contributed by atoms with Gasteiger partial charge in [0.15, 0.2) is 14.3 Å². The van der Waals surface area contributed by atoms with E-state index in [0.29, 0.717) is 96.1 Å². The van der Waals surface area contributed by atoms with Gasteiger partial charge in [0.25, 0.3) is 7.37 Å². The molecular weight excluding hydrogens is 1160 g/mol. The highest BCUT2D eigenvalue weighted by molar-refractivity contribution is 7.78. The van der Waals surface area contributed by atoms with Crippen LogP contribution in [0.15, 0.2) is 200 Å².